The van der Waals surface area contributed by atoms with Crippen LogP contribution >= 0.6 is 0 Å². The van der Waals surface area contributed by atoms with Gasteiger partial charge in [-0.2, -0.15) is 0 Å². The Morgan fingerprint density at radius 3 is 2.84 bits per heavy atom. The van der Waals surface area contributed by atoms with Crippen molar-refractivity contribution in [2.24, 2.45) is 5.92 Å². The summed E-state index contributed by atoms with van der Waals surface area (Å²) >= 11 is 0. The molecule has 0 amide bonds. The van der Waals surface area contributed by atoms with E-state index < -0.39 is 0 Å². The van der Waals surface area contributed by atoms with Crippen molar-refractivity contribution in [3.8, 4) is 0 Å². The zero-order valence-corrected chi connectivity index (χ0v) is 12.4. The first-order chi connectivity index (χ1) is 8.96. The Balaban J connectivity index is 2.27. The molecule has 1 N–H and O–H groups in total. The summed E-state index contributed by atoms with van der Waals surface area (Å²) in [5, 5.41) is 3.29. The number of Topliss-reactive ketones (excluding diaryl/α,β-unsaturated/α-hetero) is 1. The number of hydrogen-bond donors (Lipinski definition) is 1. The number of benzene rings is 1. The molecule has 1 saturated heterocycles. The molecule has 0 saturated carbocycles. The van der Waals surface area contributed by atoms with Crippen LogP contribution in [0.15, 0.2) is 24.3 Å². The van der Waals surface area contributed by atoms with Crippen molar-refractivity contribution in [3.63, 3.8) is 0 Å². The molecule has 2 rings (SSSR count). The quantitative estimate of drug-likeness (QED) is 0.845. The lowest BCUT2D eigenvalue weighted by atomic mass is 9.88. The minimum Gasteiger partial charge on any atom is -0.366 e. The van der Waals surface area contributed by atoms with Crippen LogP contribution in [0.5, 0.6) is 0 Å². The first-order valence-corrected chi connectivity index (χ1v) is 7.00. The van der Waals surface area contributed by atoms with Crippen LogP contribution < -0.4 is 10.2 Å². The van der Waals surface area contributed by atoms with Gasteiger partial charge in [0, 0.05) is 23.3 Å². The monoisotopic (exact) mass is 260 g/mol. The Hall–Kier alpha value is -1.35. The summed E-state index contributed by atoms with van der Waals surface area (Å²) in [6.07, 6.45) is 1.19. The first-order valence-electron chi connectivity index (χ1n) is 7.00. The Bertz CT molecular complexity index is 468. The van der Waals surface area contributed by atoms with Gasteiger partial charge in [-0.05, 0) is 58.8 Å². The highest BCUT2D eigenvalue weighted by Crippen LogP contribution is 2.38. The van der Waals surface area contributed by atoms with Gasteiger partial charge in [-0.25, -0.2) is 0 Å². The van der Waals surface area contributed by atoms with Gasteiger partial charge in [0.2, 0.25) is 0 Å². The van der Waals surface area contributed by atoms with Crippen molar-refractivity contribution >= 4 is 11.5 Å². The van der Waals surface area contributed by atoms with Gasteiger partial charge >= 0.3 is 0 Å². The number of rotatable bonds is 4. The van der Waals surface area contributed by atoms with Crippen molar-refractivity contribution in [1.82, 2.24) is 5.32 Å². The minimum atomic E-state index is 0.123. The van der Waals surface area contributed by atoms with Crippen LogP contribution in [0.25, 0.3) is 0 Å². The van der Waals surface area contributed by atoms with Gasteiger partial charge in [0.25, 0.3) is 0 Å². The molecule has 0 aliphatic carbocycles. The van der Waals surface area contributed by atoms with Crippen LogP contribution in [0, 0.1) is 5.92 Å². The van der Waals surface area contributed by atoms with Gasteiger partial charge in [-0.15, -0.1) is 0 Å². The van der Waals surface area contributed by atoms with Gasteiger partial charge in [0.1, 0.15) is 0 Å². The van der Waals surface area contributed by atoms with Gasteiger partial charge in [0.15, 0.2) is 5.78 Å². The molecular weight excluding hydrogens is 236 g/mol. The molecule has 1 aliphatic heterocycles. The predicted octanol–water partition coefficient (Wildman–Crippen LogP) is 2.71. The van der Waals surface area contributed by atoms with E-state index in [0.29, 0.717) is 5.92 Å². The van der Waals surface area contributed by atoms with Gasteiger partial charge < -0.3 is 10.2 Å². The number of anilines is 1. The molecular formula is C16H24N2O. The zero-order chi connectivity index (χ0) is 14.0. The standard InChI is InChI=1S/C16H24N2O/c1-12(19)13-6-5-7-15(10-13)18-9-8-14(11-17-4)16(18,2)3/h5-7,10,14,17H,8-9,11H2,1-4H3. The number of nitrogens with zero attached hydrogens (tertiary/aromatic N) is 1. The fraction of sp³-hybridized carbons (Fsp3) is 0.562. The summed E-state index contributed by atoms with van der Waals surface area (Å²) < 4.78 is 0. The van der Waals surface area contributed by atoms with E-state index in [1.54, 1.807) is 6.92 Å². The molecule has 1 unspecified atom stereocenters. The van der Waals surface area contributed by atoms with E-state index in [1.807, 2.05) is 25.2 Å². The highest BCUT2D eigenvalue weighted by Gasteiger charge is 2.40. The minimum absolute atomic E-state index is 0.123. The van der Waals surface area contributed by atoms with Crippen molar-refractivity contribution in [1.29, 1.82) is 0 Å². The van der Waals surface area contributed by atoms with Crippen molar-refractivity contribution in [2.45, 2.75) is 32.7 Å². The zero-order valence-electron chi connectivity index (χ0n) is 12.4. The maximum absolute atomic E-state index is 11.5. The third-order valence-corrected chi connectivity index (χ3v) is 4.41. The topological polar surface area (TPSA) is 32.3 Å². The van der Waals surface area contributed by atoms with E-state index in [9.17, 15) is 4.79 Å². The fourth-order valence-corrected chi connectivity index (χ4v) is 3.10. The molecule has 0 radical (unpaired) electrons. The fourth-order valence-electron chi connectivity index (χ4n) is 3.10. The molecule has 0 bridgehead atoms. The lowest BCUT2D eigenvalue weighted by molar-refractivity contribution is 0.101. The second-order valence-corrected chi connectivity index (χ2v) is 5.96. The Morgan fingerprint density at radius 1 is 1.47 bits per heavy atom. The average Bonchev–Trinajstić information content (AvgIpc) is 2.66. The Kier molecular flexibility index (Phi) is 3.95. The lowest BCUT2D eigenvalue weighted by Gasteiger charge is -2.38. The van der Waals surface area contributed by atoms with Crippen LogP contribution in [0.4, 0.5) is 5.69 Å². The lowest BCUT2D eigenvalue weighted by Crippen LogP contribution is -2.45. The predicted molar refractivity (Wildman–Crippen MR) is 79.9 cm³/mol. The maximum Gasteiger partial charge on any atom is 0.159 e. The molecule has 104 valence electrons. The molecule has 1 aromatic carbocycles. The highest BCUT2D eigenvalue weighted by atomic mass is 16.1. The van der Waals surface area contributed by atoms with E-state index in [-0.39, 0.29) is 11.3 Å². The number of ketones is 1. The summed E-state index contributed by atoms with van der Waals surface area (Å²) in [5.74, 6) is 0.768. The van der Waals surface area contributed by atoms with Crippen molar-refractivity contribution < 1.29 is 4.79 Å². The van der Waals surface area contributed by atoms with Crippen molar-refractivity contribution in [3.05, 3.63) is 29.8 Å². The van der Waals surface area contributed by atoms with E-state index in [0.717, 1.165) is 24.3 Å². The van der Waals surface area contributed by atoms with E-state index in [4.69, 9.17) is 0 Å². The number of nitrogens with one attached hydrogen (secondary N) is 1. The molecule has 1 aromatic rings. The maximum atomic E-state index is 11.5. The first kappa shape index (κ1) is 14.1. The molecule has 0 aromatic heterocycles. The summed E-state index contributed by atoms with van der Waals surface area (Å²) in [6, 6.07) is 8.00. The smallest absolute Gasteiger partial charge is 0.159 e. The van der Waals surface area contributed by atoms with E-state index in [2.05, 4.69) is 30.1 Å². The highest BCUT2D eigenvalue weighted by molar-refractivity contribution is 5.95. The number of carbonyl (C=O) groups is 1. The summed E-state index contributed by atoms with van der Waals surface area (Å²) in [6.45, 7) is 8.31. The van der Waals surface area contributed by atoms with E-state index in [1.165, 1.54) is 6.42 Å². The molecule has 1 heterocycles. The Labute approximate surface area is 116 Å². The molecule has 3 heteroatoms. The van der Waals surface area contributed by atoms with Crippen LogP contribution in [-0.2, 0) is 0 Å². The van der Waals surface area contributed by atoms with Crippen LogP contribution in [0.2, 0.25) is 0 Å². The third kappa shape index (κ3) is 2.66. The summed E-state index contributed by atoms with van der Waals surface area (Å²) in [4.78, 5) is 13.9. The van der Waals surface area contributed by atoms with E-state index >= 15 is 0 Å². The average molecular weight is 260 g/mol. The number of carbonyl (C=O) groups excluding carboxylic acids is 1. The molecule has 1 fully saturated rings. The van der Waals surface area contributed by atoms with Gasteiger partial charge in [0.05, 0.1) is 0 Å². The van der Waals surface area contributed by atoms with Crippen LogP contribution in [0.1, 0.15) is 37.6 Å². The summed E-state index contributed by atoms with van der Waals surface area (Å²) in [5.41, 5.74) is 2.08. The second-order valence-electron chi connectivity index (χ2n) is 5.96. The molecule has 0 spiro atoms. The SMILES string of the molecule is CNCC1CCN(c2cccc(C(C)=O)c2)C1(C)C. The molecule has 19 heavy (non-hydrogen) atoms. The summed E-state index contributed by atoms with van der Waals surface area (Å²) in [7, 11) is 2.01. The third-order valence-electron chi connectivity index (χ3n) is 4.41. The van der Waals surface area contributed by atoms with Crippen LogP contribution in [-0.4, -0.2) is 31.5 Å². The largest absolute Gasteiger partial charge is 0.366 e. The number of hydrogen-bond acceptors (Lipinski definition) is 3. The normalized spacial score (nSPS) is 21.7. The van der Waals surface area contributed by atoms with Gasteiger partial charge in [-0.1, -0.05) is 12.1 Å². The van der Waals surface area contributed by atoms with Crippen molar-refractivity contribution in [2.75, 3.05) is 25.0 Å². The molecule has 1 atom stereocenters. The van der Waals surface area contributed by atoms with Gasteiger partial charge in [-0.3, -0.25) is 4.79 Å². The van der Waals surface area contributed by atoms with Crippen LogP contribution in [0.3, 0.4) is 0 Å². The second kappa shape index (κ2) is 5.33. The Morgan fingerprint density at radius 2 is 2.21 bits per heavy atom. The molecule has 3 nitrogen and oxygen atoms in total. The molecule has 1 aliphatic rings.